The molecule has 0 atom stereocenters. The Morgan fingerprint density at radius 1 is 1.26 bits per heavy atom. The van der Waals surface area contributed by atoms with Gasteiger partial charge in [-0.15, -0.1) is 0 Å². The second-order valence-corrected chi connectivity index (χ2v) is 6.52. The van der Waals surface area contributed by atoms with Crippen molar-refractivity contribution in [3.8, 4) is 5.75 Å². The van der Waals surface area contributed by atoms with Crippen LogP contribution in [0.4, 0.5) is 10.5 Å². The third kappa shape index (κ3) is 4.92. The summed E-state index contributed by atoms with van der Waals surface area (Å²) in [5.41, 5.74) is 0.479. The smallest absolute Gasteiger partial charge is 0.410 e. The van der Waals surface area contributed by atoms with Gasteiger partial charge in [0, 0.05) is 38.3 Å². The molecule has 1 N–H and O–H groups in total. The molecule has 1 amide bonds. The molecule has 0 unspecified atom stereocenters. The highest BCUT2D eigenvalue weighted by Crippen LogP contribution is 2.25. The van der Waals surface area contributed by atoms with E-state index < -0.39 is 5.60 Å². The van der Waals surface area contributed by atoms with Gasteiger partial charge in [0.25, 0.3) is 4.92 Å². The lowest BCUT2D eigenvalue weighted by Gasteiger charge is -2.26. The zero-order chi connectivity index (χ0) is 17.0. The number of ether oxygens (including phenoxy) is 1. The fraction of sp³-hybridized carbons (Fsp3) is 0.562. The summed E-state index contributed by atoms with van der Waals surface area (Å²) in [4.78, 5) is 31.5. The van der Waals surface area contributed by atoms with Crippen molar-refractivity contribution in [2.24, 2.45) is 0 Å². The van der Waals surface area contributed by atoms with Gasteiger partial charge in [0.05, 0.1) is 4.91 Å². The highest BCUT2D eigenvalue weighted by atomic mass is 16.8. The summed E-state index contributed by atoms with van der Waals surface area (Å²) in [5.74, 6) is 0.446. The molecule has 1 saturated heterocycles. The van der Waals surface area contributed by atoms with Gasteiger partial charge in [0.1, 0.15) is 5.75 Å². The molecule has 1 heterocycles. The summed E-state index contributed by atoms with van der Waals surface area (Å²) < 4.78 is 5.42. The van der Waals surface area contributed by atoms with Gasteiger partial charge >= 0.3 is 11.8 Å². The van der Waals surface area contributed by atoms with E-state index >= 15 is 0 Å². The number of benzene rings is 1. The Bertz CT molecular complexity index is 589. The molecule has 0 saturated carbocycles. The number of nitrogens with one attached hydrogen (secondary N) is 1. The molecule has 0 aliphatic carbocycles. The number of carbonyl (C=O) groups excluding carboxylic acids is 1. The molecule has 1 aliphatic heterocycles. The first-order valence-electron chi connectivity index (χ1n) is 7.71. The van der Waals surface area contributed by atoms with Crippen molar-refractivity contribution in [3.63, 3.8) is 0 Å². The summed E-state index contributed by atoms with van der Waals surface area (Å²) in [7, 11) is 0. The van der Waals surface area contributed by atoms with Crippen LogP contribution in [0.15, 0.2) is 18.2 Å². The summed E-state index contributed by atoms with van der Waals surface area (Å²) in [6, 6.07) is 4.83. The van der Waals surface area contributed by atoms with Crippen molar-refractivity contribution >= 4 is 11.8 Å². The number of nitrogens with zero attached hydrogens (tertiary/aromatic N) is 2. The van der Waals surface area contributed by atoms with E-state index in [9.17, 15) is 9.70 Å². The number of piperazine rings is 1. The molecule has 7 nitrogen and oxygen atoms in total. The Balaban J connectivity index is 2.04. The fourth-order valence-electron chi connectivity index (χ4n) is 2.17. The van der Waals surface area contributed by atoms with Crippen LogP contribution in [0, 0.1) is 11.8 Å². The van der Waals surface area contributed by atoms with Gasteiger partial charge in [-0.25, -0.2) is 9.63 Å². The van der Waals surface area contributed by atoms with E-state index in [1.807, 2.05) is 0 Å². The number of hydrogen-bond donors (Lipinski definition) is 1. The number of rotatable bonds is 3. The van der Waals surface area contributed by atoms with Gasteiger partial charge in [-0.2, -0.15) is 0 Å². The molecule has 0 radical (unpaired) electrons. The van der Waals surface area contributed by atoms with Gasteiger partial charge in [0.15, 0.2) is 5.60 Å². The maximum Gasteiger partial charge on any atom is 0.415 e. The van der Waals surface area contributed by atoms with Crippen LogP contribution in [-0.4, -0.2) is 47.7 Å². The predicted molar refractivity (Wildman–Crippen MR) is 85.8 cm³/mol. The number of hydrogen-bond acceptors (Lipinski definition) is 5. The highest BCUT2D eigenvalue weighted by molar-refractivity contribution is 5.71. The summed E-state index contributed by atoms with van der Waals surface area (Å²) in [5, 5.41) is 3.18. The Kier molecular flexibility index (Phi) is 5.20. The summed E-state index contributed by atoms with van der Waals surface area (Å²) >= 11 is 0. The van der Waals surface area contributed by atoms with Crippen molar-refractivity contribution in [1.82, 2.24) is 10.2 Å². The normalized spacial score (nSPS) is 15.2. The quantitative estimate of drug-likeness (QED) is 0.866. The highest BCUT2D eigenvalue weighted by Gasteiger charge is 2.27. The molecule has 0 bridgehead atoms. The van der Waals surface area contributed by atoms with E-state index in [0.717, 1.165) is 13.1 Å². The van der Waals surface area contributed by atoms with E-state index in [0.29, 0.717) is 35.0 Å². The van der Waals surface area contributed by atoms with Gasteiger partial charge in [-0.05, 0) is 39.3 Å². The molecule has 1 fully saturated rings. The third-order valence-corrected chi connectivity index (χ3v) is 3.30. The van der Waals surface area contributed by atoms with Crippen LogP contribution >= 0.6 is 0 Å². The maximum atomic E-state index is 12.1. The largest absolute Gasteiger partial charge is 0.415 e. The average molecular weight is 322 g/mol. The molecule has 2 rings (SSSR count). The Morgan fingerprint density at radius 2 is 1.91 bits per heavy atom. The fourth-order valence-corrected chi connectivity index (χ4v) is 2.17. The SMILES string of the molecule is Cc1cc([N+](=O)OC(C)(C)C)ccc1OC(=O)N1CCNCC1. The molecule has 7 heteroatoms. The van der Waals surface area contributed by atoms with E-state index in [4.69, 9.17) is 9.57 Å². The number of aryl methyl sites for hydroxylation is 1. The lowest BCUT2D eigenvalue weighted by Crippen LogP contribution is -2.47. The maximum absolute atomic E-state index is 12.1. The summed E-state index contributed by atoms with van der Waals surface area (Å²) in [6.45, 7) is 9.98. The third-order valence-electron chi connectivity index (χ3n) is 3.30. The first kappa shape index (κ1) is 17.2. The van der Waals surface area contributed by atoms with Crippen LogP contribution in [0.5, 0.6) is 5.75 Å². The van der Waals surface area contributed by atoms with Crippen LogP contribution in [0.2, 0.25) is 0 Å². The molecule has 0 spiro atoms. The second-order valence-electron chi connectivity index (χ2n) is 6.52. The minimum atomic E-state index is -0.580. The Morgan fingerprint density at radius 3 is 2.48 bits per heavy atom. The van der Waals surface area contributed by atoms with Gasteiger partial charge in [-0.1, -0.05) is 0 Å². The monoisotopic (exact) mass is 322 g/mol. The first-order chi connectivity index (χ1) is 10.8. The van der Waals surface area contributed by atoms with Crippen molar-refractivity contribution in [1.29, 1.82) is 0 Å². The van der Waals surface area contributed by atoms with E-state index in [1.165, 1.54) is 0 Å². The Hall–Kier alpha value is -2.15. The van der Waals surface area contributed by atoms with Crippen LogP contribution in [0.25, 0.3) is 0 Å². The molecule has 23 heavy (non-hydrogen) atoms. The average Bonchev–Trinajstić information content (AvgIpc) is 2.48. The van der Waals surface area contributed by atoms with Crippen molar-refractivity contribution in [3.05, 3.63) is 28.7 Å². The zero-order valence-corrected chi connectivity index (χ0v) is 14.1. The summed E-state index contributed by atoms with van der Waals surface area (Å²) in [6.07, 6.45) is -0.368. The predicted octanol–water partition coefficient (Wildman–Crippen LogP) is 2.54. The molecule has 1 aromatic carbocycles. The van der Waals surface area contributed by atoms with Crippen LogP contribution in [0.3, 0.4) is 0 Å². The van der Waals surface area contributed by atoms with Gasteiger partial charge < -0.3 is 15.0 Å². The number of amides is 1. The standard InChI is InChI=1S/C16H24N3O4/c1-12-11-13(19(21)23-16(2,3)4)5-6-14(12)22-15(20)18-9-7-17-8-10-18/h5-6,11,17H,7-10H2,1-4H3/q+1. The lowest BCUT2D eigenvalue weighted by atomic mass is 10.2. The minimum Gasteiger partial charge on any atom is -0.410 e. The molecular weight excluding hydrogens is 298 g/mol. The Labute approximate surface area is 136 Å². The zero-order valence-electron chi connectivity index (χ0n) is 14.1. The van der Waals surface area contributed by atoms with Crippen molar-refractivity contribution in [2.75, 3.05) is 26.2 Å². The minimum absolute atomic E-state index is 0.361. The van der Waals surface area contributed by atoms with Crippen LogP contribution < -0.4 is 10.1 Å². The molecular formula is C16H24N3O4+. The van der Waals surface area contributed by atoms with Gasteiger partial charge in [-0.3, -0.25) is 0 Å². The molecule has 1 aliphatic rings. The van der Waals surface area contributed by atoms with Crippen LogP contribution in [-0.2, 0) is 4.84 Å². The van der Waals surface area contributed by atoms with E-state index in [1.54, 1.807) is 50.8 Å². The second kappa shape index (κ2) is 6.95. The van der Waals surface area contributed by atoms with Gasteiger partial charge in [0.2, 0.25) is 0 Å². The molecule has 1 aromatic rings. The van der Waals surface area contributed by atoms with E-state index in [-0.39, 0.29) is 6.09 Å². The van der Waals surface area contributed by atoms with Crippen molar-refractivity contribution < 1.29 is 19.3 Å². The molecule has 126 valence electrons. The molecule has 0 aromatic heterocycles. The number of carbonyl (C=O) groups is 1. The lowest BCUT2D eigenvalue weighted by molar-refractivity contribution is -0.766. The first-order valence-corrected chi connectivity index (χ1v) is 7.71. The van der Waals surface area contributed by atoms with Crippen molar-refractivity contribution in [2.45, 2.75) is 33.3 Å². The topological polar surface area (TPSA) is 70.9 Å². The van der Waals surface area contributed by atoms with E-state index in [2.05, 4.69) is 5.32 Å². The van der Waals surface area contributed by atoms with Crippen LogP contribution in [0.1, 0.15) is 26.3 Å².